The van der Waals surface area contributed by atoms with Crippen molar-refractivity contribution in [3.8, 4) is 0 Å². The van der Waals surface area contributed by atoms with Crippen LogP contribution in [0.25, 0.3) is 0 Å². The standard InChI is InChI=1S/C30H42N6O7S/c1-5-31-29(39)26(19(2)3)35-27(37)20(4)32-18-24(14-21-10-7-6-8-11-21)34-28(38)22-15-23(30(40)41)17-25(16-22)36-13-9-12-33-44(36,42)43/h6-8,10-11,15-17,19-20,24,26,32-33H,5,9,12-14,18H2,1-4H3,(H,31,39)(H,34,38)(H,35,37)(H,40,41)/t20-,24-,26-/m0/s1. The topological polar surface area (TPSA) is 186 Å². The van der Waals surface area contributed by atoms with E-state index in [0.717, 1.165) is 9.87 Å². The zero-order chi connectivity index (χ0) is 32.4. The van der Waals surface area contributed by atoms with E-state index in [2.05, 4.69) is 26.0 Å². The van der Waals surface area contributed by atoms with E-state index >= 15 is 0 Å². The van der Waals surface area contributed by atoms with E-state index in [1.807, 2.05) is 44.2 Å². The summed E-state index contributed by atoms with van der Waals surface area (Å²) in [6.45, 7) is 8.14. The number of carboxylic acid groups (broad SMARTS) is 1. The Labute approximate surface area is 258 Å². The van der Waals surface area contributed by atoms with E-state index in [4.69, 9.17) is 0 Å². The van der Waals surface area contributed by atoms with E-state index < -0.39 is 40.2 Å². The van der Waals surface area contributed by atoms with Gasteiger partial charge in [0, 0.05) is 37.8 Å². The summed E-state index contributed by atoms with van der Waals surface area (Å²) in [5, 5.41) is 21.2. The smallest absolute Gasteiger partial charge is 0.335 e. The monoisotopic (exact) mass is 630 g/mol. The highest BCUT2D eigenvalue weighted by Crippen LogP contribution is 2.24. The molecule has 1 aliphatic rings. The minimum atomic E-state index is -3.89. The third-order valence-electron chi connectivity index (χ3n) is 7.15. The third kappa shape index (κ3) is 9.49. The summed E-state index contributed by atoms with van der Waals surface area (Å²) in [4.78, 5) is 50.8. The minimum absolute atomic E-state index is 0.0220. The van der Waals surface area contributed by atoms with Gasteiger partial charge in [0.25, 0.3) is 5.91 Å². The Kier molecular flexibility index (Phi) is 12.3. The quantitative estimate of drug-likeness (QED) is 0.179. The average Bonchev–Trinajstić information content (AvgIpc) is 2.98. The number of aromatic carboxylic acids is 1. The molecule has 2 aromatic rings. The molecule has 6 N–H and O–H groups in total. The highest BCUT2D eigenvalue weighted by Gasteiger charge is 2.29. The van der Waals surface area contributed by atoms with Crippen LogP contribution in [0.4, 0.5) is 5.69 Å². The fourth-order valence-corrected chi connectivity index (χ4v) is 6.06. The van der Waals surface area contributed by atoms with Gasteiger partial charge < -0.3 is 26.4 Å². The molecule has 1 saturated heterocycles. The first kappa shape index (κ1) is 34.5. The molecule has 0 unspecified atom stereocenters. The van der Waals surface area contributed by atoms with Crippen molar-refractivity contribution in [1.82, 2.24) is 26.0 Å². The molecule has 0 aliphatic carbocycles. The van der Waals surface area contributed by atoms with Crippen molar-refractivity contribution in [1.29, 1.82) is 0 Å². The van der Waals surface area contributed by atoms with Gasteiger partial charge >= 0.3 is 16.2 Å². The largest absolute Gasteiger partial charge is 0.478 e. The summed E-state index contributed by atoms with van der Waals surface area (Å²) in [6, 6.07) is 11.2. The SMILES string of the molecule is CCNC(=O)[C@@H](NC(=O)[C@H](C)NC[C@H](Cc1ccccc1)NC(=O)c1cc(C(=O)O)cc(N2CCCNS2(=O)=O)c1)C(C)C. The normalized spacial score (nSPS) is 16.4. The minimum Gasteiger partial charge on any atom is -0.478 e. The Morgan fingerprint density at radius 3 is 2.27 bits per heavy atom. The molecule has 1 fully saturated rings. The number of carboxylic acids is 1. The van der Waals surface area contributed by atoms with Gasteiger partial charge in [-0.2, -0.15) is 13.1 Å². The van der Waals surface area contributed by atoms with Crippen LogP contribution < -0.4 is 30.3 Å². The van der Waals surface area contributed by atoms with Gasteiger partial charge in [-0.15, -0.1) is 0 Å². The van der Waals surface area contributed by atoms with Crippen molar-refractivity contribution in [3.63, 3.8) is 0 Å². The molecule has 3 amide bonds. The number of hydrogen-bond donors (Lipinski definition) is 6. The molecular formula is C30H42N6O7S. The van der Waals surface area contributed by atoms with Crippen LogP contribution in [-0.2, 0) is 26.2 Å². The summed E-state index contributed by atoms with van der Waals surface area (Å²) in [5.41, 5.74) is 0.727. The van der Waals surface area contributed by atoms with Gasteiger partial charge in [-0.1, -0.05) is 44.2 Å². The number of likely N-dealkylation sites (N-methyl/N-ethyl adjacent to an activating group) is 1. The van der Waals surface area contributed by atoms with Crippen molar-refractivity contribution >= 4 is 39.6 Å². The summed E-state index contributed by atoms with van der Waals surface area (Å²) in [7, 11) is -3.89. The summed E-state index contributed by atoms with van der Waals surface area (Å²) < 4.78 is 28.7. The molecule has 0 spiro atoms. The van der Waals surface area contributed by atoms with Gasteiger partial charge in [-0.3, -0.25) is 18.7 Å². The van der Waals surface area contributed by atoms with Crippen molar-refractivity contribution < 1.29 is 32.7 Å². The average molecular weight is 631 g/mol. The molecular weight excluding hydrogens is 588 g/mol. The Bertz CT molecular complexity index is 1430. The van der Waals surface area contributed by atoms with Gasteiger partial charge in [0.15, 0.2) is 0 Å². The van der Waals surface area contributed by atoms with Gasteiger partial charge in [0.2, 0.25) is 11.8 Å². The fraction of sp³-hybridized carbons (Fsp3) is 0.467. The summed E-state index contributed by atoms with van der Waals surface area (Å²) in [5.74, 6) is -2.70. The molecule has 1 aliphatic heterocycles. The van der Waals surface area contributed by atoms with Gasteiger partial charge in [0.1, 0.15) is 6.04 Å². The lowest BCUT2D eigenvalue weighted by Gasteiger charge is -2.29. The zero-order valence-electron chi connectivity index (χ0n) is 25.4. The number of hydrogen-bond acceptors (Lipinski definition) is 7. The Morgan fingerprint density at radius 2 is 1.66 bits per heavy atom. The first-order valence-electron chi connectivity index (χ1n) is 14.6. The lowest BCUT2D eigenvalue weighted by molar-refractivity contribution is -0.130. The Balaban J connectivity index is 1.80. The van der Waals surface area contributed by atoms with Crippen LogP contribution in [0.3, 0.4) is 0 Å². The zero-order valence-corrected chi connectivity index (χ0v) is 26.2. The van der Waals surface area contributed by atoms with Crippen LogP contribution in [0.1, 0.15) is 60.4 Å². The van der Waals surface area contributed by atoms with Gasteiger partial charge in [-0.25, -0.2) is 4.79 Å². The van der Waals surface area contributed by atoms with Crippen molar-refractivity contribution in [3.05, 3.63) is 65.2 Å². The first-order chi connectivity index (χ1) is 20.8. The number of rotatable bonds is 14. The predicted molar refractivity (Wildman–Crippen MR) is 167 cm³/mol. The van der Waals surface area contributed by atoms with E-state index in [1.54, 1.807) is 13.8 Å². The molecule has 3 atom stereocenters. The van der Waals surface area contributed by atoms with Crippen molar-refractivity contribution in [2.45, 2.75) is 58.7 Å². The van der Waals surface area contributed by atoms with Crippen LogP contribution in [0.5, 0.6) is 0 Å². The second kappa shape index (κ2) is 15.6. The lowest BCUT2D eigenvalue weighted by atomic mass is 10.0. The Hall–Kier alpha value is -4.01. The van der Waals surface area contributed by atoms with Crippen LogP contribution in [-0.4, -0.2) is 81.5 Å². The maximum absolute atomic E-state index is 13.5. The highest BCUT2D eigenvalue weighted by atomic mass is 32.2. The van der Waals surface area contributed by atoms with E-state index in [9.17, 15) is 32.7 Å². The van der Waals surface area contributed by atoms with E-state index in [0.29, 0.717) is 19.4 Å². The second-order valence-corrected chi connectivity index (χ2v) is 12.7. The van der Waals surface area contributed by atoms with Gasteiger partial charge in [0.05, 0.1) is 17.3 Å². The number of nitrogens with one attached hydrogen (secondary N) is 5. The second-order valence-electron chi connectivity index (χ2n) is 11.0. The summed E-state index contributed by atoms with van der Waals surface area (Å²) >= 11 is 0. The first-order valence-corrected chi connectivity index (χ1v) is 16.1. The number of amides is 3. The molecule has 3 rings (SSSR count). The molecule has 0 radical (unpaired) electrons. The van der Waals surface area contributed by atoms with Gasteiger partial charge in [-0.05, 0) is 56.4 Å². The third-order valence-corrected chi connectivity index (χ3v) is 8.69. The van der Waals surface area contributed by atoms with E-state index in [-0.39, 0.29) is 54.2 Å². The molecule has 240 valence electrons. The lowest BCUT2D eigenvalue weighted by Crippen LogP contribution is -2.55. The van der Waals surface area contributed by atoms with E-state index in [1.165, 1.54) is 18.2 Å². The molecule has 2 aromatic carbocycles. The van der Waals surface area contributed by atoms with Crippen LogP contribution in [0.2, 0.25) is 0 Å². The number of carbonyl (C=O) groups is 4. The molecule has 13 nitrogen and oxygen atoms in total. The molecule has 0 saturated carbocycles. The molecule has 14 heteroatoms. The highest BCUT2D eigenvalue weighted by molar-refractivity contribution is 7.90. The van der Waals surface area contributed by atoms with Crippen molar-refractivity contribution in [2.75, 3.05) is 30.5 Å². The van der Waals surface area contributed by atoms with Crippen LogP contribution in [0, 0.1) is 5.92 Å². The maximum atomic E-state index is 13.5. The summed E-state index contributed by atoms with van der Waals surface area (Å²) in [6.07, 6.45) is 0.896. The number of carbonyl (C=O) groups excluding carboxylic acids is 3. The molecule has 44 heavy (non-hydrogen) atoms. The number of benzene rings is 2. The fourth-order valence-electron chi connectivity index (χ4n) is 4.75. The molecule has 0 aromatic heterocycles. The molecule has 0 bridgehead atoms. The maximum Gasteiger partial charge on any atom is 0.335 e. The van der Waals surface area contributed by atoms with Crippen molar-refractivity contribution in [2.24, 2.45) is 5.92 Å². The van der Waals surface area contributed by atoms with Crippen LogP contribution >= 0.6 is 0 Å². The molecule has 1 heterocycles. The van der Waals surface area contributed by atoms with Crippen LogP contribution in [0.15, 0.2) is 48.5 Å². The Morgan fingerprint density at radius 1 is 0.977 bits per heavy atom. The number of anilines is 1. The number of nitrogens with zero attached hydrogens (tertiary/aromatic N) is 1. The predicted octanol–water partition coefficient (Wildman–Crippen LogP) is 1.03.